The van der Waals surface area contributed by atoms with Crippen LogP contribution in [0.1, 0.15) is 17.3 Å². The Bertz CT molecular complexity index is 1320. The Hall–Kier alpha value is -3.48. The lowest BCUT2D eigenvalue weighted by molar-refractivity contribution is 0.0933. The average Bonchev–Trinajstić information content (AvgIpc) is 3.37. The molecule has 190 valence electrons. The lowest BCUT2D eigenvalue weighted by Gasteiger charge is -2.33. The summed E-state index contributed by atoms with van der Waals surface area (Å²) in [7, 11) is -2.15. The number of carbonyl (C=O) groups is 2. The molecule has 1 fully saturated rings. The van der Waals surface area contributed by atoms with Crippen molar-refractivity contribution in [2.45, 2.75) is 11.8 Å². The standard InChI is InChI=1S/C24H26N4O6S2/c1-3-34-24(30)27-12-14-28(15-13-27)36(31,32)20-10-6-18(7-11-20)22(29)26-23-25-21(16-35-23)17-4-8-19(33-2)9-5-17/h4-11,16H,3,12-15H2,1-2H3,(H,25,26,29). The van der Waals surface area contributed by atoms with E-state index in [1.165, 1.54) is 44.8 Å². The molecule has 0 aliphatic carbocycles. The molecule has 2 aromatic carbocycles. The van der Waals surface area contributed by atoms with E-state index >= 15 is 0 Å². The lowest BCUT2D eigenvalue weighted by atomic mass is 10.2. The van der Waals surface area contributed by atoms with Crippen LogP contribution in [0, 0.1) is 0 Å². The molecule has 4 rings (SSSR count). The number of sulfonamides is 1. The van der Waals surface area contributed by atoms with Crippen LogP contribution in [-0.4, -0.2) is 74.5 Å². The van der Waals surface area contributed by atoms with Gasteiger partial charge in [-0.2, -0.15) is 4.31 Å². The molecule has 0 saturated carbocycles. The fourth-order valence-electron chi connectivity index (χ4n) is 3.65. The van der Waals surface area contributed by atoms with Crippen molar-refractivity contribution in [2.24, 2.45) is 0 Å². The zero-order valence-electron chi connectivity index (χ0n) is 19.8. The third-order valence-electron chi connectivity index (χ3n) is 5.63. The second-order valence-electron chi connectivity index (χ2n) is 7.83. The Morgan fingerprint density at radius 1 is 1.03 bits per heavy atom. The first kappa shape index (κ1) is 25.6. The molecule has 1 aliphatic rings. The topological polar surface area (TPSA) is 118 Å². The summed E-state index contributed by atoms with van der Waals surface area (Å²) in [6, 6.07) is 13.2. The second-order valence-corrected chi connectivity index (χ2v) is 10.6. The van der Waals surface area contributed by atoms with E-state index in [0.29, 0.717) is 10.7 Å². The van der Waals surface area contributed by atoms with Crippen molar-refractivity contribution >= 4 is 38.5 Å². The minimum Gasteiger partial charge on any atom is -0.497 e. The van der Waals surface area contributed by atoms with Crippen LogP contribution in [0.25, 0.3) is 11.3 Å². The van der Waals surface area contributed by atoms with E-state index in [1.807, 2.05) is 29.6 Å². The fraction of sp³-hybridized carbons (Fsp3) is 0.292. The van der Waals surface area contributed by atoms with Crippen LogP contribution in [0.2, 0.25) is 0 Å². The summed E-state index contributed by atoms with van der Waals surface area (Å²) >= 11 is 1.29. The smallest absolute Gasteiger partial charge is 0.409 e. The van der Waals surface area contributed by atoms with Crippen LogP contribution in [0.15, 0.2) is 58.8 Å². The highest BCUT2D eigenvalue weighted by Crippen LogP contribution is 2.27. The Morgan fingerprint density at radius 2 is 1.69 bits per heavy atom. The lowest BCUT2D eigenvalue weighted by Crippen LogP contribution is -2.50. The minimum absolute atomic E-state index is 0.0830. The van der Waals surface area contributed by atoms with Gasteiger partial charge in [-0.1, -0.05) is 0 Å². The number of amides is 2. The van der Waals surface area contributed by atoms with Gasteiger partial charge in [0.05, 0.1) is 24.3 Å². The number of piperazine rings is 1. The first-order chi connectivity index (χ1) is 17.3. The summed E-state index contributed by atoms with van der Waals surface area (Å²) in [5, 5.41) is 5.03. The Kier molecular flexibility index (Phi) is 7.87. The summed E-state index contributed by atoms with van der Waals surface area (Å²) in [5.41, 5.74) is 1.93. The number of benzene rings is 2. The highest BCUT2D eigenvalue weighted by atomic mass is 32.2. The molecule has 0 spiro atoms. The molecule has 0 bridgehead atoms. The van der Waals surface area contributed by atoms with E-state index in [4.69, 9.17) is 9.47 Å². The van der Waals surface area contributed by atoms with E-state index in [2.05, 4.69) is 10.3 Å². The van der Waals surface area contributed by atoms with Crippen molar-refractivity contribution < 1.29 is 27.5 Å². The van der Waals surface area contributed by atoms with Crippen molar-refractivity contribution in [2.75, 3.05) is 45.2 Å². The molecule has 0 unspecified atom stereocenters. The van der Waals surface area contributed by atoms with Crippen LogP contribution in [-0.2, 0) is 14.8 Å². The number of nitrogens with zero attached hydrogens (tertiary/aromatic N) is 3. The maximum absolute atomic E-state index is 13.0. The Labute approximate surface area is 213 Å². The molecular formula is C24H26N4O6S2. The van der Waals surface area contributed by atoms with Crippen LogP contribution in [0.5, 0.6) is 5.75 Å². The SMILES string of the molecule is CCOC(=O)N1CCN(S(=O)(=O)c2ccc(C(=O)Nc3nc(-c4ccc(OC)cc4)cs3)cc2)CC1. The number of aromatic nitrogens is 1. The largest absolute Gasteiger partial charge is 0.497 e. The minimum atomic E-state index is -3.75. The molecule has 0 atom stereocenters. The molecular weight excluding hydrogens is 504 g/mol. The van der Waals surface area contributed by atoms with Crippen molar-refractivity contribution in [3.05, 3.63) is 59.5 Å². The number of hydrogen-bond donors (Lipinski definition) is 1. The third-order valence-corrected chi connectivity index (χ3v) is 8.30. The highest BCUT2D eigenvalue weighted by molar-refractivity contribution is 7.89. The maximum atomic E-state index is 13.0. The quantitative estimate of drug-likeness (QED) is 0.496. The molecule has 2 amide bonds. The van der Waals surface area contributed by atoms with E-state index in [1.54, 1.807) is 14.0 Å². The van der Waals surface area contributed by atoms with Gasteiger partial charge in [0.25, 0.3) is 5.91 Å². The molecule has 0 radical (unpaired) electrons. The van der Waals surface area contributed by atoms with Gasteiger partial charge in [0.15, 0.2) is 5.13 Å². The maximum Gasteiger partial charge on any atom is 0.409 e. The molecule has 1 N–H and O–H groups in total. The summed E-state index contributed by atoms with van der Waals surface area (Å²) in [6.45, 7) is 2.84. The molecule has 1 aromatic heterocycles. The van der Waals surface area contributed by atoms with Gasteiger partial charge in [-0.15, -0.1) is 11.3 Å². The summed E-state index contributed by atoms with van der Waals surface area (Å²) in [4.78, 5) is 30.6. The zero-order valence-corrected chi connectivity index (χ0v) is 21.5. The Morgan fingerprint density at radius 3 is 2.31 bits per heavy atom. The molecule has 1 saturated heterocycles. The molecule has 12 heteroatoms. The molecule has 2 heterocycles. The second kappa shape index (κ2) is 11.1. The van der Waals surface area contributed by atoms with Gasteiger partial charge in [0.2, 0.25) is 10.0 Å². The number of ether oxygens (including phenoxy) is 2. The van der Waals surface area contributed by atoms with E-state index in [9.17, 15) is 18.0 Å². The molecule has 1 aliphatic heterocycles. The van der Waals surface area contributed by atoms with Crippen molar-refractivity contribution in [1.82, 2.24) is 14.2 Å². The Balaban J connectivity index is 1.37. The van der Waals surface area contributed by atoms with Crippen LogP contribution in [0.4, 0.5) is 9.93 Å². The zero-order chi connectivity index (χ0) is 25.7. The summed E-state index contributed by atoms with van der Waals surface area (Å²) < 4.78 is 37.5. The molecule has 36 heavy (non-hydrogen) atoms. The van der Waals surface area contributed by atoms with Crippen molar-refractivity contribution in [3.8, 4) is 17.0 Å². The number of anilines is 1. The van der Waals surface area contributed by atoms with Gasteiger partial charge in [-0.3, -0.25) is 10.1 Å². The van der Waals surface area contributed by atoms with Gasteiger partial charge < -0.3 is 14.4 Å². The predicted octanol–water partition coefficient (Wildman–Crippen LogP) is 3.53. The van der Waals surface area contributed by atoms with Gasteiger partial charge in [-0.25, -0.2) is 18.2 Å². The number of rotatable bonds is 7. The highest BCUT2D eigenvalue weighted by Gasteiger charge is 2.30. The number of methoxy groups -OCH3 is 1. The van der Waals surface area contributed by atoms with Gasteiger partial charge in [0, 0.05) is 42.7 Å². The number of thiazole rings is 1. The molecule has 3 aromatic rings. The van der Waals surface area contributed by atoms with Crippen molar-refractivity contribution in [3.63, 3.8) is 0 Å². The van der Waals surface area contributed by atoms with Gasteiger partial charge in [-0.05, 0) is 55.5 Å². The monoisotopic (exact) mass is 530 g/mol. The van der Waals surface area contributed by atoms with Crippen LogP contribution >= 0.6 is 11.3 Å². The third kappa shape index (κ3) is 5.66. The summed E-state index contributed by atoms with van der Waals surface area (Å²) in [5.74, 6) is 0.351. The number of nitrogens with one attached hydrogen (secondary N) is 1. The normalized spacial score (nSPS) is 14.3. The van der Waals surface area contributed by atoms with Crippen LogP contribution in [0.3, 0.4) is 0 Å². The van der Waals surface area contributed by atoms with Gasteiger partial charge >= 0.3 is 6.09 Å². The number of hydrogen-bond acceptors (Lipinski definition) is 8. The summed E-state index contributed by atoms with van der Waals surface area (Å²) in [6.07, 6.45) is -0.443. The van der Waals surface area contributed by atoms with Gasteiger partial charge in [0.1, 0.15) is 5.75 Å². The fourth-order valence-corrected chi connectivity index (χ4v) is 5.78. The molecule has 10 nitrogen and oxygen atoms in total. The van der Waals surface area contributed by atoms with E-state index in [-0.39, 0.29) is 37.7 Å². The van der Waals surface area contributed by atoms with Crippen LogP contribution < -0.4 is 10.1 Å². The van der Waals surface area contributed by atoms with Crippen molar-refractivity contribution in [1.29, 1.82) is 0 Å². The predicted molar refractivity (Wildman–Crippen MR) is 136 cm³/mol. The average molecular weight is 531 g/mol. The van der Waals surface area contributed by atoms with E-state index in [0.717, 1.165) is 17.0 Å². The first-order valence-electron chi connectivity index (χ1n) is 11.2. The first-order valence-corrected chi connectivity index (χ1v) is 13.6. The number of carbonyl (C=O) groups excluding carboxylic acids is 2. The van der Waals surface area contributed by atoms with E-state index < -0.39 is 22.0 Å².